The number of hydrogen-bond donors (Lipinski definition) is 0. The molecule has 0 heterocycles. The summed E-state index contributed by atoms with van der Waals surface area (Å²) in [5.41, 5.74) is 0. The molecule has 0 aromatic carbocycles. The van der Waals surface area contributed by atoms with Gasteiger partial charge in [-0.25, -0.2) is 0 Å². The van der Waals surface area contributed by atoms with Gasteiger partial charge in [0, 0.05) is 12.8 Å². The van der Waals surface area contributed by atoms with Crippen LogP contribution in [0.2, 0.25) is 0 Å². The number of allylic oxidation sites excluding steroid dienone is 2. The van der Waals surface area contributed by atoms with Crippen LogP contribution >= 0.6 is 0 Å². The van der Waals surface area contributed by atoms with Gasteiger partial charge >= 0.3 is 0 Å². The third-order valence-electron chi connectivity index (χ3n) is 1.40. The standard InChI is InChI=1S/C8H8O/c1-2-3-7-4-5-8(9)6-7/h1,4-5,7H,3,6H2. The molecule has 1 atom stereocenters. The number of carbonyl (C=O) groups is 1. The van der Waals surface area contributed by atoms with Crippen LogP contribution in [0.3, 0.4) is 0 Å². The lowest BCUT2D eigenvalue weighted by Crippen LogP contribution is -1.93. The van der Waals surface area contributed by atoms with Crippen LogP contribution in [0.5, 0.6) is 0 Å². The summed E-state index contributed by atoms with van der Waals surface area (Å²) < 4.78 is 0. The zero-order chi connectivity index (χ0) is 6.69. The van der Waals surface area contributed by atoms with Crippen molar-refractivity contribution in [3.63, 3.8) is 0 Å². The van der Waals surface area contributed by atoms with Crippen LogP contribution < -0.4 is 0 Å². The van der Waals surface area contributed by atoms with Crippen LogP contribution in [-0.2, 0) is 4.79 Å². The molecule has 0 radical (unpaired) electrons. The summed E-state index contributed by atoms with van der Waals surface area (Å²) in [6.07, 6.45) is 9.87. The van der Waals surface area contributed by atoms with Gasteiger partial charge in [-0.2, -0.15) is 0 Å². The second-order valence-corrected chi connectivity index (χ2v) is 2.20. The predicted molar refractivity (Wildman–Crippen MR) is 35.7 cm³/mol. The first-order chi connectivity index (χ1) is 4.33. The summed E-state index contributed by atoms with van der Waals surface area (Å²) in [5.74, 6) is 3.05. The molecule has 0 amide bonds. The Kier molecular flexibility index (Phi) is 1.69. The van der Waals surface area contributed by atoms with Gasteiger partial charge in [-0.3, -0.25) is 4.79 Å². The van der Waals surface area contributed by atoms with E-state index in [0.717, 1.165) is 0 Å². The summed E-state index contributed by atoms with van der Waals surface area (Å²) in [4.78, 5) is 10.6. The van der Waals surface area contributed by atoms with Gasteiger partial charge < -0.3 is 0 Å². The van der Waals surface area contributed by atoms with Crippen molar-refractivity contribution in [3.8, 4) is 12.3 Å². The highest BCUT2D eigenvalue weighted by Gasteiger charge is 2.13. The number of carbonyl (C=O) groups excluding carboxylic acids is 1. The molecule has 0 spiro atoms. The maximum atomic E-state index is 10.6. The minimum absolute atomic E-state index is 0.204. The zero-order valence-corrected chi connectivity index (χ0v) is 5.13. The van der Waals surface area contributed by atoms with Crippen molar-refractivity contribution in [2.75, 3.05) is 0 Å². The maximum absolute atomic E-state index is 10.6. The minimum Gasteiger partial charge on any atom is -0.295 e. The van der Waals surface area contributed by atoms with Crippen molar-refractivity contribution in [1.82, 2.24) is 0 Å². The Morgan fingerprint density at radius 3 is 3.11 bits per heavy atom. The Hall–Kier alpha value is -1.03. The summed E-state index contributed by atoms with van der Waals surface area (Å²) in [6, 6.07) is 0. The highest BCUT2D eigenvalue weighted by molar-refractivity contribution is 5.92. The molecule has 0 aromatic rings. The van der Waals surface area contributed by atoms with Crippen molar-refractivity contribution in [1.29, 1.82) is 0 Å². The average Bonchev–Trinajstić information content (AvgIpc) is 2.17. The summed E-state index contributed by atoms with van der Waals surface area (Å²) in [5, 5.41) is 0. The Labute approximate surface area is 54.8 Å². The van der Waals surface area contributed by atoms with Crippen LogP contribution in [0.4, 0.5) is 0 Å². The number of hydrogen-bond acceptors (Lipinski definition) is 1. The maximum Gasteiger partial charge on any atom is 0.156 e. The molecular weight excluding hydrogens is 112 g/mol. The lowest BCUT2D eigenvalue weighted by atomic mass is 10.1. The monoisotopic (exact) mass is 120 g/mol. The van der Waals surface area contributed by atoms with E-state index in [1.165, 1.54) is 0 Å². The summed E-state index contributed by atoms with van der Waals surface area (Å²) in [6.45, 7) is 0. The van der Waals surface area contributed by atoms with Gasteiger partial charge in [-0.15, -0.1) is 12.3 Å². The van der Waals surface area contributed by atoms with E-state index in [9.17, 15) is 4.79 Å². The number of terminal acetylenes is 1. The molecule has 9 heavy (non-hydrogen) atoms. The van der Waals surface area contributed by atoms with Crippen molar-refractivity contribution < 1.29 is 4.79 Å². The fourth-order valence-corrected chi connectivity index (χ4v) is 0.929. The molecule has 1 aliphatic carbocycles. The van der Waals surface area contributed by atoms with Gasteiger partial charge in [0.25, 0.3) is 0 Å². The first-order valence-electron chi connectivity index (χ1n) is 2.97. The van der Waals surface area contributed by atoms with E-state index in [1.807, 2.05) is 6.08 Å². The SMILES string of the molecule is C#CCC1C=CC(=O)C1. The summed E-state index contributed by atoms with van der Waals surface area (Å²) in [7, 11) is 0. The van der Waals surface area contributed by atoms with Crippen LogP contribution in [0, 0.1) is 18.3 Å². The van der Waals surface area contributed by atoms with Gasteiger partial charge in [0.2, 0.25) is 0 Å². The lowest BCUT2D eigenvalue weighted by Gasteiger charge is -1.96. The van der Waals surface area contributed by atoms with Crippen molar-refractivity contribution in [3.05, 3.63) is 12.2 Å². The highest BCUT2D eigenvalue weighted by Crippen LogP contribution is 2.16. The van der Waals surface area contributed by atoms with E-state index in [0.29, 0.717) is 18.8 Å². The molecule has 0 N–H and O–H groups in total. The first kappa shape index (κ1) is 6.10. The van der Waals surface area contributed by atoms with E-state index in [1.54, 1.807) is 6.08 Å². The van der Waals surface area contributed by atoms with Crippen LogP contribution in [0.1, 0.15) is 12.8 Å². The van der Waals surface area contributed by atoms with Gasteiger partial charge in [0.1, 0.15) is 0 Å². The van der Waals surface area contributed by atoms with Crippen molar-refractivity contribution >= 4 is 5.78 Å². The Bertz CT molecular complexity index is 183. The molecule has 0 bridgehead atoms. The molecule has 0 aliphatic heterocycles. The number of rotatable bonds is 1. The quantitative estimate of drug-likeness (QED) is 0.474. The molecule has 46 valence electrons. The number of ketones is 1. The van der Waals surface area contributed by atoms with Crippen LogP contribution in [0.25, 0.3) is 0 Å². The van der Waals surface area contributed by atoms with Gasteiger partial charge in [0.15, 0.2) is 5.78 Å². The molecule has 1 unspecified atom stereocenters. The van der Waals surface area contributed by atoms with E-state index in [2.05, 4.69) is 5.92 Å². The minimum atomic E-state index is 0.204. The molecule has 0 saturated carbocycles. The smallest absolute Gasteiger partial charge is 0.156 e. The Morgan fingerprint density at radius 2 is 2.67 bits per heavy atom. The second kappa shape index (κ2) is 2.50. The third kappa shape index (κ3) is 1.43. The fraction of sp³-hybridized carbons (Fsp3) is 0.375. The van der Waals surface area contributed by atoms with Gasteiger partial charge in [-0.1, -0.05) is 6.08 Å². The fourth-order valence-electron chi connectivity index (χ4n) is 0.929. The van der Waals surface area contributed by atoms with E-state index < -0.39 is 0 Å². The van der Waals surface area contributed by atoms with Crippen molar-refractivity contribution in [2.24, 2.45) is 5.92 Å². The predicted octanol–water partition coefficient (Wildman–Crippen LogP) is 1.15. The average molecular weight is 120 g/mol. The highest BCUT2D eigenvalue weighted by atomic mass is 16.1. The normalized spacial score (nSPS) is 24.3. The lowest BCUT2D eigenvalue weighted by molar-refractivity contribution is -0.114. The second-order valence-electron chi connectivity index (χ2n) is 2.20. The molecular formula is C8H8O. The molecule has 0 fully saturated rings. The largest absolute Gasteiger partial charge is 0.295 e. The van der Waals surface area contributed by atoms with Gasteiger partial charge in [0.05, 0.1) is 0 Å². The molecule has 1 rings (SSSR count). The van der Waals surface area contributed by atoms with Crippen molar-refractivity contribution in [2.45, 2.75) is 12.8 Å². The molecule has 1 nitrogen and oxygen atoms in total. The summed E-state index contributed by atoms with van der Waals surface area (Å²) >= 11 is 0. The van der Waals surface area contributed by atoms with Crippen LogP contribution in [-0.4, -0.2) is 5.78 Å². The molecule has 1 aliphatic rings. The van der Waals surface area contributed by atoms with Crippen LogP contribution in [0.15, 0.2) is 12.2 Å². The zero-order valence-electron chi connectivity index (χ0n) is 5.13. The molecule has 0 aromatic heterocycles. The molecule has 0 saturated heterocycles. The molecule has 1 heteroatoms. The Morgan fingerprint density at radius 1 is 1.89 bits per heavy atom. The first-order valence-corrected chi connectivity index (χ1v) is 2.97. The van der Waals surface area contributed by atoms with E-state index >= 15 is 0 Å². The topological polar surface area (TPSA) is 17.1 Å². The van der Waals surface area contributed by atoms with E-state index in [-0.39, 0.29) is 5.78 Å². The van der Waals surface area contributed by atoms with E-state index in [4.69, 9.17) is 6.42 Å². The third-order valence-corrected chi connectivity index (χ3v) is 1.40. The van der Waals surface area contributed by atoms with Gasteiger partial charge in [-0.05, 0) is 12.0 Å². The Balaban J connectivity index is 2.43.